The zero-order valence-corrected chi connectivity index (χ0v) is 16.9. The molecule has 2 amide bonds. The highest BCUT2D eigenvalue weighted by Gasteiger charge is 2.33. The molecule has 0 fully saturated rings. The number of oxime groups is 1. The molecule has 0 aliphatic rings. The van der Waals surface area contributed by atoms with Crippen molar-refractivity contribution in [3.63, 3.8) is 0 Å². The Hall–Kier alpha value is -2.55. The molecule has 0 atom stereocenters. The summed E-state index contributed by atoms with van der Waals surface area (Å²) >= 11 is 2.86. The molecule has 0 aromatic heterocycles. The summed E-state index contributed by atoms with van der Waals surface area (Å²) in [4.78, 5) is 12.3. The van der Waals surface area contributed by atoms with Gasteiger partial charge in [0.25, 0.3) is 0 Å². The average Bonchev–Trinajstić information content (AvgIpc) is 2.61. The number of alkyl halides is 3. The van der Waals surface area contributed by atoms with Crippen molar-refractivity contribution in [2.24, 2.45) is 5.16 Å². The van der Waals surface area contributed by atoms with Crippen LogP contribution in [0.2, 0.25) is 0 Å². The number of nitrogens with zero attached hydrogens (tertiary/aromatic N) is 1. The maximum Gasteiger partial charge on any atom is 0.417 e. The van der Waals surface area contributed by atoms with Crippen molar-refractivity contribution < 1.29 is 23.2 Å². The van der Waals surface area contributed by atoms with E-state index >= 15 is 0 Å². The van der Waals surface area contributed by atoms with Crippen LogP contribution in [0, 0.1) is 0 Å². The number of benzene rings is 2. The monoisotopic (exact) mass is 457 g/mol. The number of hydrogen-bond donors (Lipinski definition) is 3. The lowest BCUT2D eigenvalue weighted by atomic mass is 9.92. The maximum absolute atomic E-state index is 13.0. The second kappa shape index (κ2) is 8.22. The van der Waals surface area contributed by atoms with Crippen LogP contribution in [0.4, 0.5) is 23.7 Å². The smallest absolute Gasteiger partial charge is 0.411 e. The summed E-state index contributed by atoms with van der Waals surface area (Å²) in [6, 6.07) is 9.86. The van der Waals surface area contributed by atoms with E-state index in [0.717, 1.165) is 11.6 Å². The van der Waals surface area contributed by atoms with Gasteiger partial charge in [0.2, 0.25) is 0 Å². The van der Waals surface area contributed by atoms with Crippen molar-refractivity contribution in [3.05, 3.63) is 63.6 Å². The van der Waals surface area contributed by atoms with Crippen LogP contribution in [0.15, 0.2) is 52.1 Å². The van der Waals surface area contributed by atoms with Crippen LogP contribution in [0.1, 0.15) is 37.5 Å². The summed E-state index contributed by atoms with van der Waals surface area (Å²) in [5.74, 6) is 0. The van der Waals surface area contributed by atoms with Crippen LogP contribution in [-0.2, 0) is 11.7 Å². The average molecular weight is 458 g/mol. The second-order valence-corrected chi connectivity index (χ2v) is 7.52. The first kappa shape index (κ1) is 21.7. The van der Waals surface area contributed by atoms with E-state index in [0.29, 0.717) is 11.3 Å². The Labute approximate surface area is 168 Å². The summed E-state index contributed by atoms with van der Waals surface area (Å²) in [6.45, 7) is 5.14. The van der Waals surface area contributed by atoms with E-state index in [4.69, 9.17) is 5.21 Å². The Bertz CT molecular complexity index is 912. The largest absolute Gasteiger partial charge is 0.417 e. The highest BCUT2D eigenvalue weighted by molar-refractivity contribution is 9.10. The van der Waals surface area contributed by atoms with Crippen molar-refractivity contribution >= 4 is 33.4 Å². The van der Waals surface area contributed by atoms with Gasteiger partial charge < -0.3 is 15.8 Å². The Morgan fingerprint density at radius 1 is 1.14 bits per heavy atom. The van der Waals surface area contributed by atoms with Gasteiger partial charge in [-0.1, -0.05) is 39.3 Å². The number of anilines is 1. The Morgan fingerprint density at radius 2 is 1.82 bits per heavy atom. The molecule has 0 saturated heterocycles. The first-order valence-corrected chi connectivity index (χ1v) is 8.99. The van der Waals surface area contributed by atoms with Gasteiger partial charge in [0.05, 0.1) is 16.8 Å². The van der Waals surface area contributed by atoms with Crippen molar-refractivity contribution in [1.29, 1.82) is 0 Å². The molecule has 0 saturated carbocycles. The van der Waals surface area contributed by atoms with Gasteiger partial charge in [-0.05, 0) is 56.2 Å². The Balaban J connectivity index is 2.18. The Morgan fingerprint density at radius 3 is 2.43 bits per heavy atom. The number of urea groups is 1. The fraction of sp³-hybridized carbons (Fsp3) is 0.263. The second-order valence-electron chi connectivity index (χ2n) is 6.66. The van der Waals surface area contributed by atoms with Crippen LogP contribution in [0.5, 0.6) is 0 Å². The van der Waals surface area contributed by atoms with E-state index in [1.54, 1.807) is 45.0 Å². The molecule has 5 nitrogen and oxygen atoms in total. The molecule has 28 heavy (non-hydrogen) atoms. The van der Waals surface area contributed by atoms with Crippen LogP contribution >= 0.6 is 15.9 Å². The van der Waals surface area contributed by atoms with Gasteiger partial charge >= 0.3 is 12.2 Å². The summed E-state index contributed by atoms with van der Waals surface area (Å²) in [7, 11) is 0. The molecule has 0 unspecified atom stereocenters. The molecule has 0 aliphatic carbocycles. The molecule has 3 N–H and O–H groups in total. The first-order chi connectivity index (χ1) is 12.9. The molecular formula is C19H19BrF3N3O2. The molecule has 0 aliphatic heterocycles. The van der Waals surface area contributed by atoms with Gasteiger partial charge in [-0.3, -0.25) is 0 Å². The van der Waals surface area contributed by atoms with Gasteiger partial charge in [0.1, 0.15) is 0 Å². The highest BCUT2D eigenvalue weighted by atomic mass is 79.9. The summed E-state index contributed by atoms with van der Waals surface area (Å²) in [6.07, 6.45) is -4.54. The lowest BCUT2D eigenvalue weighted by Crippen LogP contribution is -2.43. The number of halogens is 4. The molecule has 9 heteroatoms. The molecule has 150 valence electrons. The van der Waals surface area contributed by atoms with Crippen LogP contribution in [0.3, 0.4) is 0 Å². The fourth-order valence-corrected chi connectivity index (χ4v) is 3.00. The number of hydrogen-bond acceptors (Lipinski definition) is 3. The first-order valence-electron chi connectivity index (χ1n) is 8.19. The number of nitrogens with one attached hydrogen (secondary N) is 2. The van der Waals surface area contributed by atoms with Gasteiger partial charge in [-0.25, -0.2) is 4.79 Å². The van der Waals surface area contributed by atoms with Crippen molar-refractivity contribution in [3.8, 4) is 0 Å². The molecule has 0 bridgehead atoms. The van der Waals surface area contributed by atoms with Gasteiger partial charge in [-0.15, -0.1) is 0 Å². The zero-order valence-electron chi connectivity index (χ0n) is 15.4. The van der Waals surface area contributed by atoms with E-state index in [1.807, 2.05) is 0 Å². The molecule has 2 aromatic carbocycles. The van der Waals surface area contributed by atoms with E-state index in [9.17, 15) is 18.0 Å². The summed E-state index contributed by atoms with van der Waals surface area (Å²) in [5, 5.41) is 17.2. The summed E-state index contributed by atoms with van der Waals surface area (Å²) < 4.78 is 38.9. The van der Waals surface area contributed by atoms with Crippen LogP contribution in [-0.4, -0.2) is 17.0 Å². The molecule has 2 rings (SSSR count). The number of carbonyl (C=O) groups is 1. The van der Waals surface area contributed by atoms with Crippen molar-refractivity contribution in [2.45, 2.75) is 32.5 Å². The van der Waals surface area contributed by atoms with Crippen molar-refractivity contribution in [1.82, 2.24) is 5.32 Å². The minimum Gasteiger partial charge on any atom is -0.411 e. The topological polar surface area (TPSA) is 73.7 Å². The number of carbonyl (C=O) groups excluding carboxylic acids is 1. The highest BCUT2D eigenvalue weighted by Crippen LogP contribution is 2.36. The fourth-order valence-electron chi connectivity index (χ4n) is 2.53. The van der Waals surface area contributed by atoms with E-state index in [-0.39, 0.29) is 10.2 Å². The minimum atomic E-state index is -4.54. The summed E-state index contributed by atoms with van der Waals surface area (Å²) in [5.41, 5.74) is 0.124. The van der Waals surface area contributed by atoms with E-state index < -0.39 is 23.3 Å². The maximum atomic E-state index is 13.0. The van der Waals surface area contributed by atoms with Crippen LogP contribution < -0.4 is 10.6 Å². The standard InChI is InChI=1S/C19H19BrF3N3O2/c1-11(26-28)12-5-4-6-13(9-12)18(2,3)25-17(27)24-14-7-8-16(20)15(10-14)19(21,22)23/h4-10,28H,1-3H3,(H2,24,25,27)/b26-11+. The molecule has 0 radical (unpaired) electrons. The van der Waals surface area contributed by atoms with E-state index in [1.165, 1.54) is 12.1 Å². The normalized spacial score (nSPS) is 12.6. The SMILES string of the molecule is C/C(=N\O)c1cccc(C(C)(C)NC(=O)Nc2ccc(Br)c(C(F)(F)F)c2)c1. The number of rotatable bonds is 4. The van der Waals surface area contributed by atoms with Gasteiger partial charge in [0.15, 0.2) is 0 Å². The van der Waals surface area contributed by atoms with Gasteiger partial charge in [0, 0.05) is 10.2 Å². The zero-order chi connectivity index (χ0) is 21.1. The molecule has 2 aromatic rings. The molecular weight excluding hydrogens is 439 g/mol. The third-order valence-electron chi connectivity index (χ3n) is 4.11. The third kappa shape index (κ3) is 5.25. The van der Waals surface area contributed by atoms with E-state index in [2.05, 4.69) is 31.7 Å². The predicted molar refractivity (Wildman–Crippen MR) is 105 cm³/mol. The molecule has 0 heterocycles. The lowest BCUT2D eigenvalue weighted by molar-refractivity contribution is -0.138. The van der Waals surface area contributed by atoms with Crippen molar-refractivity contribution in [2.75, 3.05) is 5.32 Å². The lowest BCUT2D eigenvalue weighted by Gasteiger charge is -2.27. The Kier molecular flexibility index (Phi) is 6.38. The quantitative estimate of drug-likeness (QED) is 0.311. The van der Waals surface area contributed by atoms with Gasteiger partial charge in [-0.2, -0.15) is 13.2 Å². The number of amides is 2. The molecule has 0 spiro atoms. The third-order valence-corrected chi connectivity index (χ3v) is 4.80. The predicted octanol–water partition coefficient (Wildman–Crippen LogP) is 5.72. The minimum absolute atomic E-state index is 0.0147. The van der Waals surface area contributed by atoms with Crippen LogP contribution in [0.25, 0.3) is 0 Å².